The van der Waals surface area contributed by atoms with E-state index >= 15 is 0 Å². The number of phenols is 2. The van der Waals surface area contributed by atoms with Gasteiger partial charge in [0.1, 0.15) is 0 Å². The number of hydrogen-bond donors (Lipinski definition) is 2. The smallest absolute Gasteiger partial charge is 0.177 e. The fourth-order valence-corrected chi connectivity index (χ4v) is 2.50. The number of pyridine rings is 1. The van der Waals surface area contributed by atoms with E-state index in [0.717, 1.165) is 16.3 Å². The first-order chi connectivity index (χ1) is 9.01. The molecule has 0 spiro atoms. The lowest BCUT2D eigenvalue weighted by Gasteiger charge is -2.23. The van der Waals surface area contributed by atoms with Gasteiger partial charge in [-0.15, -0.1) is 0 Å². The Hall–Kier alpha value is -1.77. The largest absolute Gasteiger partial charge is 0.504 e. The molecule has 0 bridgehead atoms. The Kier molecular flexibility index (Phi) is 3.20. The molecule has 1 aromatic carbocycles. The van der Waals surface area contributed by atoms with Crippen molar-refractivity contribution in [1.82, 2.24) is 0 Å². The summed E-state index contributed by atoms with van der Waals surface area (Å²) in [6.45, 7) is 12.5. The maximum Gasteiger partial charge on any atom is 0.177 e. The van der Waals surface area contributed by atoms with Crippen LogP contribution in [0.2, 0.25) is 0 Å². The second-order valence-corrected chi connectivity index (χ2v) is 7.40. The van der Waals surface area contributed by atoms with Crippen molar-refractivity contribution in [3.05, 3.63) is 30.1 Å². The summed E-state index contributed by atoms with van der Waals surface area (Å²) in [4.78, 5) is 0. The molecule has 0 atom stereocenters. The highest BCUT2D eigenvalue weighted by atomic mass is 16.3. The molecule has 0 saturated carbocycles. The Morgan fingerprint density at radius 2 is 1.60 bits per heavy atom. The predicted octanol–water partition coefficient (Wildman–Crippen LogP) is 3.59. The fourth-order valence-electron chi connectivity index (χ4n) is 2.50. The first kappa shape index (κ1) is 14.6. The average Bonchev–Trinajstić information content (AvgIpc) is 2.27. The van der Waals surface area contributed by atoms with Crippen LogP contribution in [0.15, 0.2) is 24.5 Å². The Bertz CT molecular complexity index is 661. The third-order valence-electron chi connectivity index (χ3n) is 3.56. The van der Waals surface area contributed by atoms with Crippen LogP contribution in [0.4, 0.5) is 0 Å². The number of hydrogen-bond acceptors (Lipinski definition) is 2. The lowest BCUT2D eigenvalue weighted by molar-refractivity contribution is -0.752. The van der Waals surface area contributed by atoms with Gasteiger partial charge >= 0.3 is 0 Å². The minimum atomic E-state index is -0.241. The van der Waals surface area contributed by atoms with Gasteiger partial charge in [-0.25, -0.2) is 4.57 Å². The summed E-state index contributed by atoms with van der Waals surface area (Å²) in [5.41, 5.74) is 0.520. The maximum absolute atomic E-state index is 10.2. The van der Waals surface area contributed by atoms with Crippen molar-refractivity contribution in [3.8, 4) is 11.5 Å². The molecule has 0 amide bonds. The van der Waals surface area contributed by atoms with Gasteiger partial charge in [0.2, 0.25) is 0 Å². The van der Waals surface area contributed by atoms with E-state index in [1.165, 1.54) is 0 Å². The van der Waals surface area contributed by atoms with E-state index < -0.39 is 0 Å². The first-order valence-electron chi connectivity index (χ1n) is 6.93. The van der Waals surface area contributed by atoms with Crippen LogP contribution in [-0.4, -0.2) is 10.2 Å². The van der Waals surface area contributed by atoms with Crippen LogP contribution in [0.25, 0.3) is 10.8 Å². The van der Waals surface area contributed by atoms with Crippen LogP contribution in [0.3, 0.4) is 0 Å². The van der Waals surface area contributed by atoms with Crippen LogP contribution in [0.5, 0.6) is 11.5 Å². The number of rotatable bonds is 0. The van der Waals surface area contributed by atoms with Gasteiger partial charge in [-0.3, -0.25) is 0 Å². The molecule has 0 aliphatic carbocycles. The Morgan fingerprint density at radius 3 is 2.10 bits per heavy atom. The van der Waals surface area contributed by atoms with Crippen LogP contribution >= 0.6 is 0 Å². The van der Waals surface area contributed by atoms with Gasteiger partial charge in [0.05, 0.1) is 0 Å². The van der Waals surface area contributed by atoms with Gasteiger partial charge in [-0.1, -0.05) is 20.8 Å². The van der Waals surface area contributed by atoms with Crippen LogP contribution < -0.4 is 4.57 Å². The highest BCUT2D eigenvalue weighted by Gasteiger charge is 2.27. The molecule has 0 aliphatic heterocycles. The van der Waals surface area contributed by atoms with Gasteiger partial charge in [-0.2, -0.15) is 0 Å². The quantitative estimate of drug-likeness (QED) is 0.569. The Morgan fingerprint density at radius 1 is 1.00 bits per heavy atom. The third-order valence-corrected chi connectivity index (χ3v) is 3.56. The molecular weight excluding hydrogens is 250 g/mol. The second kappa shape index (κ2) is 4.37. The third kappa shape index (κ3) is 2.45. The zero-order chi connectivity index (χ0) is 15.3. The van der Waals surface area contributed by atoms with Crippen LogP contribution in [-0.2, 0) is 11.0 Å². The van der Waals surface area contributed by atoms with Gasteiger partial charge in [0.15, 0.2) is 29.4 Å². The number of nitrogens with zero attached hydrogens (tertiary/aromatic N) is 1. The average molecular weight is 274 g/mol. The van der Waals surface area contributed by atoms with Crippen molar-refractivity contribution < 1.29 is 14.8 Å². The minimum Gasteiger partial charge on any atom is -0.504 e. The number of benzene rings is 1. The summed E-state index contributed by atoms with van der Waals surface area (Å²) in [6.07, 6.45) is 4.04. The first-order valence-corrected chi connectivity index (χ1v) is 6.93. The summed E-state index contributed by atoms with van der Waals surface area (Å²) in [7, 11) is 0. The molecule has 2 aromatic rings. The monoisotopic (exact) mass is 274 g/mol. The SMILES string of the molecule is CC(C)(C)c1c(O)c(O)cc2c[n+](C(C)(C)C)ccc12. The molecule has 0 unspecified atom stereocenters. The van der Waals surface area contributed by atoms with E-state index in [4.69, 9.17) is 0 Å². The van der Waals surface area contributed by atoms with Crippen LogP contribution in [0.1, 0.15) is 47.1 Å². The molecule has 0 saturated heterocycles. The van der Waals surface area contributed by atoms with Crippen LogP contribution in [0, 0.1) is 0 Å². The second-order valence-electron chi connectivity index (χ2n) is 7.40. The maximum atomic E-state index is 10.2. The molecule has 3 heteroatoms. The molecular formula is C17H24NO2+. The highest BCUT2D eigenvalue weighted by Crippen LogP contribution is 2.42. The van der Waals surface area contributed by atoms with E-state index in [2.05, 4.69) is 25.3 Å². The molecule has 3 nitrogen and oxygen atoms in total. The topological polar surface area (TPSA) is 44.3 Å². The number of aromatic nitrogens is 1. The zero-order valence-electron chi connectivity index (χ0n) is 13.2. The predicted molar refractivity (Wildman–Crippen MR) is 81.2 cm³/mol. The summed E-state index contributed by atoms with van der Waals surface area (Å²) < 4.78 is 2.11. The molecule has 0 aliphatic rings. The number of phenolic OH excluding ortho intramolecular Hbond substituents is 2. The lowest BCUT2D eigenvalue weighted by Crippen LogP contribution is -2.49. The van der Waals surface area contributed by atoms with E-state index in [1.54, 1.807) is 6.07 Å². The zero-order valence-corrected chi connectivity index (χ0v) is 13.2. The molecule has 2 N–H and O–H groups in total. The number of aromatic hydroxyl groups is 2. The summed E-state index contributed by atoms with van der Waals surface area (Å²) in [5, 5.41) is 22.1. The standard InChI is InChI=1S/C17H23NO2/c1-16(2,3)14-12-7-8-18(17(4,5)6)10-11(12)9-13(19)15(14)20/h7-10,19H,1-6H3/p+1. The highest BCUT2D eigenvalue weighted by molar-refractivity contribution is 5.89. The molecule has 20 heavy (non-hydrogen) atoms. The van der Waals surface area contributed by atoms with E-state index in [9.17, 15) is 10.2 Å². The van der Waals surface area contributed by atoms with E-state index in [1.807, 2.05) is 39.2 Å². The van der Waals surface area contributed by atoms with Gasteiger partial charge in [-0.05, 0) is 11.5 Å². The van der Waals surface area contributed by atoms with Gasteiger partial charge in [0, 0.05) is 43.2 Å². The normalized spacial score (nSPS) is 12.9. The van der Waals surface area contributed by atoms with Gasteiger partial charge < -0.3 is 10.2 Å². The Balaban J connectivity index is 2.84. The summed E-state index contributed by atoms with van der Waals surface area (Å²) >= 11 is 0. The van der Waals surface area contributed by atoms with E-state index in [-0.39, 0.29) is 22.5 Å². The summed E-state index contributed by atoms with van der Waals surface area (Å²) in [6, 6.07) is 3.64. The molecule has 108 valence electrons. The van der Waals surface area contributed by atoms with Crippen molar-refractivity contribution in [2.45, 2.75) is 52.5 Å². The fraction of sp³-hybridized carbons (Fsp3) is 0.471. The van der Waals surface area contributed by atoms with Gasteiger partial charge in [0.25, 0.3) is 0 Å². The molecule has 1 aromatic heterocycles. The number of fused-ring (bicyclic) bond motifs is 1. The summed E-state index contributed by atoms with van der Waals surface area (Å²) in [5.74, 6) is -0.0763. The molecule has 2 rings (SSSR count). The molecule has 0 fully saturated rings. The minimum absolute atomic E-state index is 0.0153. The molecule has 1 heterocycles. The van der Waals surface area contributed by atoms with Crippen molar-refractivity contribution in [3.63, 3.8) is 0 Å². The van der Waals surface area contributed by atoms with E-state index in [0.29, 0.717) is 0 Å². The molecule has 0 radical (unpaired) electrons. The Labute approximate surface area is 120 Å². The van der Waals surface area contributed by atoms with Crippen molar-refractivity contribution in [1.29, 1.82) is 0 Å². The van der Waals surface area contributed by atoms with Crippen molar-refractivity contribution in [2.75, 3.05) is 0 Å². The lowest BCUT2D eigenvalue weighted by atomic mass is 9.83. The van der Waals surface area contributed by atoms with Crippen molar-refractivity contribution >= 4 is 10.8 Å². The van der Waals surface area contributed by atoms with Crippen molar-refractivity contribution in [2.24, 2.45) is 0 Å².